The molecule has 186 valence electrons. The highest BCUT2D eigenvalue weighted by atomic mass is 79.9. The number of carboxylic acid groups (broad SMARTS) is 1. The second-order valence-corrected chi connectivity index (χ2v) is 9.01. The maximum atomic E-state index is 13.3. The molecule has 1 heterocycles. The van der Waals surface area contributed by atoms with Gasteiger partial charge in [-0.2, -0.15) is 0 Å². The van der Waals surface area contributed by atoms with Crippen molar-refractivity contribution in [2.24, 2.45) is 0 Å². The van der Waals surface area contributed by atoms with E-state index < -0.39 is 22.7 Å². The summed E-state index contributed by atoms with van der Waals surface area (Å²) in [5, 5.41) is 22.4. The van der Waals surface area contributed by atoms with E-state index in [1.54, 1.807) is 30.3 Å². The summed E-state index contributed by atoms with van der Waals surface area (Å²) < 4.78 is 6.54. The first-order valence-corrected chi connectivity index (χ1v) is 11.7. The molecular formula is C25H16BrN3O7S. The number of carbonyl (C=O) groups excluding carboxylic acids is 2. The number of benzene rings is 3. The lowest BCUT2D eigenvalue weighted by atomic mass is 10.1. The number of hydrogen-bond acceptors (Lipinski definition) is 7. The van der Waals surface area contributed by atoms with Crippen LogP contribution in [0.5, 0.6) is 5.75 Å². The number of carboxylic acids is 1. The molecule has 37 heavy (non-hydrogen) atoms. The van der Waals surface area contributed by atoms with E-state index in [0.717, 1.165) is 4.90 Å². The number of nitrogens with zero attached hydrogens (tertiary/aromatic N) is 2. The maximum absolute atomic E-state index is 13.3. The number of aromatic carboxylic acids is 1. The topological polar surface area (TPSA) is 139 Å². The minimum Gasteiger partial charge on any atom is -0.488 e. The fraction of sp³-hybridized carbons (Fsp3) is 0.0400. The Morgan fingerprint density at radius 3 is 2.54 bits per heavy atom. The number of carbonyl (C=O) groups is 3. The van der Waals surface area contributed by atoms with E-state index in [0.29, 0.717) is 21.3 Å². The molecule has 2 amide bonds. The number of nitro groups is 1. The van der Waals surface area contributed by atoms with Crippen LogP contribution >= 0.6 is 28.1 Å². The Bertz CT molecular complexity index is 1490. The van der Waals surface area contributed by atoms with Crippen molar-refractivity contribution in [1.82, 2.24) is 5.32 Å². The van der Waals surface area contributed by atoms with Crippen molar-refractivity contribution in [1.29, 1.82) is 0 Å². The highest BCUT2D eigenvalue weighted by Crippen LogP contribution is 2.29. The van der Waals surface area contributed by atoms with Crippen molar-refractivity contribution in [3.05, 3.63) is 104 Å². The zero-order chi connectivity index (χ0) is 26.7. The van der Waals surface area contributed by atoms with Crippen molar-refractivity contribution < 1.29 is 29.2 Å². The molecule has 0 atom stereocenters. The van der Waals surface area contributed by atoms with E-state index in [9.17, 15) is 29.6 Å². The second kappa shape index (κ2) is 10.7. The van der Waals surface area contributed by atoms with Gasteiger partial charge >= 0.3 is 5.97 Å². The van der Waals surface area contributed by atoms with E-state index in [1.807, 2.05) is 0 Å². The molecular weight excluding hydrogens is 566 g/mol. The minimum absolute atomic E-state index is 0.0454. The van der Waals surface area contributed by atoms with Crippen molar-refractivity contribution in [2.75, 3.05) is 4.90 Å². The van der Waals surface area contributed by atoms with E-state index in [2.05, 4.69) is 21.2 Å². The summed E-state index contributed by atoms with van der Waals surface area (Å²) in [6.07, 6.45) is 1.35. The Hall–Kier alpha value is -4.42. The summed E-state index contributed by atoms with van der Waals surface area (Å²) in [6.45, 7) is 0.0775. The maximum Gasteiger partial charge on any atom is 0.335 e. The highest BCUT2D eigenvalue weighted by molar-refractivity contribution is 9.10. The van der Waals surface area contributed by atoms with Gasteiger partial charge in [0.05, 0.1) is 16.2 Å². The van der Waals surface area contributed by atoms with Crippen LogP contribution in [-0.2, 0) is 16.2 Å². The van der Waals surface area contributed by atoms with Gasteiger partial charge in [0.2, 0.25) is 0 Å². The predicted octanol–water partition coefficient (Wildman–Crippen LogP) is 4.47. The quantitative estimate of drug-likeness (QED) is 0.137. The predicted molar refractivity (Wildman–Crippen MR) is 141 cm³/mol. The van der Waals surface area contributed by atoms with Gasteiger partial charge < -0.3 is 9.84 Å². The van der Waals surface area contributed by atoms with Crippen LogP contribution in [0.2, 0.25) is 0 Å². The van der Waals surface area contributed by atoms with Crippen molar-refractivity contribution in [3.63, 3.8) is 0 Å². The van der Waals surface area contributed by atoms with E-state index in [4.69, 9.17) is 17.0 Å². The summed E-state index contributed by atoms with van der Waals surface area (Å²) in [4.78, 5) is 48.8. The number of nitrogens with one attached hydrogen (secondary N) is 1. The third-order valence-corrected chi connectivity index (χ3v) is 6.04. The molecule has 0 bridgehead atoms. The molecule has 0 aromatic heterocycles. The Labute approximate surface area is 223 Å². The fourth-order valence-corrected chi connectivity index (χ4v) is 4.12. The van der Waals surface area contributed by atoms with Gasteiger partial charge in [-0.05, 0) is 72.4 Å². The zero-order valence-corrected chi connectivity index (χ0v) is 21.1. The molecule has 1 aliphatic heterocycles. The van der Waals surface area contributed by atoms with Crippen LogP contribution in [0.1, 0.15) is 21.5 Å². The van der Waals surface area contributed by atoms with Gasteiger partial charge in [-0.15, -0.1) is 0 Å². The number of non-ortho nitro benzene ring substituents is 1. The number of hydrogen-bond donors (Lipinski definition) is 2. The number of nitro benzene ring substituents is 1. The van der Waals surface area contributed by atoms with Gasteiger partial charge in [-0.25, -0.2) is 4.79 Å². The molecule has 0 radical (unpaired) electrons. The molecule has 1 fully saturated rings. The Balaban J connectivity index is 1.65. The van der Waals surface area contributed by atoms with Gasteiger partial charge in [-0.3, -0.25) is 29.9 Å². The van der Waals surface area contributed by atoms with Crippen LogP contribution in [0.15, 0.2) is 76.8 Å². The lowest BCUT2D eigenvalue weighted by Gasteiger charge is -2.29. The average molecular weight is 582 g/mol. The van der Waals surface area contributed by atoms with Crippen molar-refractivity contribution in [2.45, 2.75) is 6.61 Å². The normalized spacial score (nSPS) is 14.5. The third kappa shape index (κ3) is 5.71. The number of halogens is 1. The molecule has 3 aromatic rings. The minimum atomic E-state index is -1.18. The van der Waals surface area contributed by atoms with Gasteiger partial charge in [0.1, 0.15) is 17.9 Å². The number of rotatable bonds is 7. The molecule has 0 unspecified atom stereocenters. The number of thiocarbonyl (C=S) groups is 1. The molecule has 1 saturated heterocycles. The molecule has 10 nitrogen and oxygen atoms in total. The molecule has 12 heteroatoms. The smallest absolute Gasteiger partial charge is 0.335 e. The van der Waals surface area contributed by atoms with Gasteiger partial charge in [-0.1, -0.05) is 22.0 Å². The van der Waals surface area contributed by atoms with Crippen LogP contribution < -0.4 is 15.0 Å². The standard InChI is InChI=1S/C25H16BrN3O7S/c26-17-6-9-21(36-13-14-4-7-18(8-5-14)29(34)35)16(10-17)12-20-22(30)27-25(37)28(23(20)31)19-3-1-2-15(11-19)24(32)33/h1-12H,13H2,(H,32,33)(H,27,30,37). The Morgan fingerprint density at radius 1 is 1.14 bits per heavy atom. The summed E-state index contributed by atoms with van der Waals surface area (Å²) in [5.41, 5.74) is 0.924. The molecule has 3 aromatic carbocycles. The van der Waals surface area contributed by atoms with Crippen LogP contribution in [0.3, 0.4) is 0 Å². The van der Waals surface area contributed by atoms with Gasteiger partial charge in [0, 0.05) is 22.2 Å². The summed E-state index contributed by atoms with van der Waals surface area (Å²) in [7, 11) is 0. The van der Waals surface area contributed by atoms with Crippen LogP contribution in [-0.4, -0.2) is 32.9 Å². The third-order valence-electron chi connectivity index (χ3n) is 5.27. The van der Waals surface area contributed by atoms with Crippen LogP contribution in [0, 0.1) is 10.1 Å². The Kier molecular flexibility index (Phi) is 7.41. The number of amides is 2. The first kappa shape index (κ1) is 25.7. The van der Waals surface area contributed by atoms with Crippen LogP contribution in [0.25, 0.3) is 6.08 Å². The summed E-state index contributed by atoms with van der Waals surface area (Å²) in [5.74, 6) is -2.29. The monoisotopic (exact) mass is 581 g/mol. The van der Waals surface area contributed by atoms with Crippen molar-refractivity contribution in [3.8, 4) is 5.75 Å². The summed E-state index contributed by atoms with van der Waals surface area (Å²) >= 11 is 8.55. The molecule has 2 N–H and O–H groups in total. The first-order valence-electron chi connectivity index (χ1n) is 10.5. The van der Waals surface area contributed by atoms with Crippen LogP contribution in [0.4, 0.5) is 11.4 Å². The molecule has 4 rings (SSSR count). The molecule has 0 aliphatic carbocycles. The second-order valence-electron chi connectivity index (χ2n) is 7.71. The first-order chi connectivity index (χ1) is 17.6. The lowest BCUT2D eigenvalue weighted by molar-refractivity contribution is -0.384. The number of ether oxygens (including phenoxy) is 1. The largest absolute Gasteiger partial charge is 0.488 e. The zero-order valence-electron chi connectivity index (χ0n) is 18.7. The number of anilines is 1. The van der Waals surface area contributed by atoms with E-state index in [-0.39, 0.29) is 34.2 Å². The van der Waals surface area contributed by atoms with Gasteiger partial charge in [0.15, 0.2) is 5.11 Å². The van der Waals surface area contributed by atoms with E-state index >= 15 is 0 Å². The lowest BCUT2D eigenvalue weighted by Crippen LogP contribution is -2.54. The SMILES string of the molecule is O=C1NC(=S)N(c2cccc(C(=O)O)c2)C(=O)C1=Cc1cc(Br)ccc1OCc1ccc([N+](=O)[O-])cc1. The highest BCUT2D eigenvalue weighted by Gasteiger charge is 2.35. The summed E-state index contributed by atoms with van der Waals surface area (Å²) in [6, 6.07) is 16.5. The average Bonchev–Trinajstić information content (AvgIpc) is 2.86. The van der Waals surface area contributed by atoms with Gasteiger partial charge in [0.25, 0.3) is 17.5 Å². The van der Waals surface area contributed by atoms with E-state index in [1.165, 1.54) is 42.5 Å². The fourth-order valence-electron chi connectivity index (χ4n) is 3.46. The van der Waals surface area contributed by atoms with Crippen molar-refractivity contribution >= 4 is 68.5 Å². The Morgan fingerprint density at radius 2 is 1.86 bits per heavy atom. The molecule has 1 aliphatic rings. The molecule has 0 spiro atoms. The molecule has 0 saturated carbocycles.